The van der Waals surface area contributed by atoms with Crippen LogP contribution >= 0.6 is 15.9 Å². The van der Waals surface area contributed by atoms with Gasteiger partial charge in [0.05, 0.1) is 13.2 Å². The molecule has 0 fully saturated rings. The van der Waals surface area contributed by atoms with E-state index in [0.717, 1.165) is 15.8 Å². The van der Waals surface area contributed by atoms with Crippen molar-refractivity contribution < 1.29 is 9.13 Å². The summed E-state index contributed by atoms with van der Waals surface area (Å²) < 4.78 is 20.4. The summed E-state index contributed by atoms with van der Waals surface area (Å²) in [5, 5.41) is 0. The number of nitrogens with two attached hydrogens (primary N) is 1. The maximum atomic E-state index is 14.3. The first-order valence-electron chi connectivity index (χ1n) is 6.60. The molecule has 3 nitrogen and oxygen atoms in total. The van der Waals surface area contributed by atoms with Crippen LogP contribution in [0.1, 0.15) is 22.7 Å². The maximum absolute atomic E-state index is 14.3. The van der Waals surface area contributed by atoms with Gasteiger partial charge in [-0.05, 0) is 42.7 Å². The molecular formula is C16H18BrFN2O. The predicted molar refractivity (Wildman–Crippen MR) is 85.6 cm³/mol. The molecule has 2 rings (SSSR count). The SMILES string of the molecule is COc1ccc(Br)c(CC(NN)c2cccc(C)c2F)c1. The standard InChI is InChI=1S/C16H18BrFN2O/c1-10-4-3-5-13(16(10)18)15(20-19)9-11-8-12(21-2)6-7-14(11)17/h3-8,15,20H,9,19H2,1-2H3. The summed E-state index contributed by atoms with van der Waals surface area (Å²) in [7, 11) is 1.62. The van der Waals surface area contributed by atoms with Gasteiger partial charge in [-0.3, -0.25) is 11.3 Å². The normalized spacial score (nSPS) is 12.2. The molecule has 0 heterocycles. The smallest absolute Gasteiger partial charge is 0.130 e. The molecule has 1 unspecified atom stereocenters. The number of halogens is 2. The van der Waals surface area contributed by atoms with Crippen LogP contribution in [0.15, 0.2) is 40.9 Å². The Morgan fingerprint density at radius 2 is 2.10 bits per heavy atom. The molecule has 0 aliphatic rings. The van der Waals surface area contributed by atoms with Gasteiger partial charge in [0.15, 0.2) is 0 Å². The van der Waals surface area contributed by atoms with Crippen molar-refractivity contribution in [1.29, 1.82) is 0 Å². The highest BCUT2D eigenvalue weighted by Gasteiger charge is 2.17. The molecule has 3 N–H and O–H groups in total. The van der Waals surface area contributed by atoms with Crippen molar-refractivity contribution in [2.75, 3.05) is 7.11 Å². The second kappa shape index (κ2) is 7.02. The second-order valence-electron chi connectivity index (χ2n) is 4.86. The van der Waals surface area contributed by atoms with Crippen LogP contribution in [0.2, 0.25) is 0 Å². The molecule has 0 spiro atoms. The van der Waals surface area contributed by atoms with Crippen LogP contribution < -0.4 is 16.0 Å². The van der Waals surface area contributed by atoms with Crippen LogP contribution in [0.5, 0.6) is 5.75 Å². The Labute approximate surface area is 132 Å². The van der Waals surface area contributed by atoms with Gasteiger partial charge in [-0.15, -0.1) is 0 Å². The monoisotopic (exact) mass is 352 g/mol. The quantitative estimate of drug-likeness (QED) is 0.637. The Morgan fingerprint density at radius 3 is 2.76 bits per heavy atom. The van der Waals surface area contributed by atoms with Gasteiger partial charge >= 0.3 is 0 Å². The molecular weight excluding hydrogens is 335 g/mol. The topological polar surface area (TPSA) is 47.3 Å². The summed E-state index contributed by atoms with van der Waals surface area (Å²) in [6, 6.07) is 10.7. The van der Waals surface area contributed by atoms with Crippen molar-refractivity contribution in [2.45, 2.75) is 19.4 Å². The third kappa shape index (κ3) is 3.61. The lowest BCUT2D eigenvalue weighted by atomic mass is 9.97. The summed E-state index contributed by atoms with van der Waals surface area (Å²) in [6.45, 7) is 1.74. The highest BCUT2D eigenvalue weighted by atomic mass is 79.9. The fraction of sp³-hybridized carbons (Fsp3) is 0.250. The van der Waals surface area contributed by atoms with Crippen molar-refractivity contribution in [3.8, 4) is 5.75 Å². The molecule has 0 saturated carbocycles. The van der Waals surface area contributed by atoms with E-state index >= 15 is 0 Å². The molecule has 5 heteroatoms. The Morgan fingerprint density at radius 1 is 1.33 bits per heavy atom. The molecule has 0 aromatic heterocycles. The lowest BCUT2D eigenvalue weighted by Crippen LogP contribution is -2.30. The lowest BCUT2D eigenvalue weighted by Gasteiger charge is -2.19. The van der Waals surface area contributed by atoms with Crippen molar-refractivity contribution in [2.24, 2.45) is 5.84 Å². The number of rotatable bonds is 5. The van der Waals surface area contributed by atoms with Gasteiger partial charge in [-0.1, -0.05) is 34.1 Å². The van der Waals surface area contributed by atoms with E-state index in [-0.39, 0.29) is 11.9 Å². The average molecular weight is 353 g/mol. The molecule has 0 radical (unpaired) electrons. The zero-order valence-electron chi connectivity index (χ0n) is 12.0. The maximum Gasteiger partial charge on any atom is 0.130 e. The fourth-order valence-corrected chi connectivity index (χ4v) is 2.66. The fourth-order valence-electron chi connectivity index (χ4n) is 2.25. The largest absolute Gasteiger partial charge is 0.497 e. The Hall–Kier alpha value is -1.43. The summed E-state index contributed by atoms with van der Waals surface area (Å²) in [5.74, 6) is 6.16. The minimum Gasteiger partial charge on any atom is -0.497 e. The number of ether oxygens (including phenoxy) is 1. The number of hydrogen-bond donors (Lipinski definition) is 2. The molecule has 1 atom stereocenters. The molecule has 112 valence electrons. The van der Waals surface area contributed by atoms with Gasteiger partial charge < -0.3 is 4.74 Å². The Balaban J connectivity index is 2.33. The zero-order chi connectivity index (χ0) is 15.4. The molecule has 0 amide bonds. The Bertz CT molecular complexity index is 634. The Kier molecular flexibility index (Phi) is 5.33. The highest BCUT2D eigenvalue weighted by molar-refractivity contribution is 9.10. The van der Waals surface area contributed by atoms with Crippen LogP contribution in [0, 0.1) is 12.7 Å². The van der Waals surface area contributed by atoms with E-state index in [0.29, 0.717) is 17.5 Å². The van der Waals surface area contributed by atoms with Crippen molar-refractivity contribution in [3.05, 3.63) is 63.4 Å². The predicted octanol–water partition coefficient (Wildman–Crippen LogP) is 3.65. The van der Waals surface area contributed by atoms with Gasteiger partial charge in [0.2, 0.25) is 0 Å². The summed E-state index contributed by atoms with van der Waals surface area (Å²) in [5.41, 5.74) is 4.87. The first-order valence-corrected chi connectivity index (χ1v) is 7.39. The number of aryl methyl sites for hydroxylation is 1. The summed E-state index contributed by atoms with van der Waals surface area (Å²) in [4.78, 5) is 0. The van der Waals surface area contributed by atoms with E-state index in [1.54, 1.807) is 26.2 Å². The number of methoxy groups -OCH3 is 1. The van der Waals surface area contributed by atoms with Gasteiger partial charge in [0.1, 0.15) is 11.6 Å². The van der Waals surface area contributed by atoms with E-state index < -0.39 is 0 Å². The van der Waals surface area contributed by atoms with Crippen LogP contribution in [0.4, 0.5) is 4.39 Å². The lowest BCUT2D eigenvalue weighted by molar-refractivity contribution is 0.413. The van der Waals surface area contributed by atoms with E-state index in [1.165, 1.54) is 0 Å². The van der Waals surface area contributed by atoms with Gasteiger partial charge in [0, 0.05) is 10.0 Å². The van der Waals surface area contributed by atoms with Crippen LogP contribution in [0.25, 0.3) is 0 Å². The first-order chi connectivity index (χ1) is 10.1. The van der Waals surface area contributed by atoms with E-state index in [1.807, 2.05) is 24.3 Å². The first kappa shape index (κ1) is 15.9. The van der Waals surface area contributed by atoms with E-state index in [4.69, 9.17) is 10.6 Å². The minimum atomic E-state index is -0.312. The molecule has 0 aliphatic carbocycles. The van der Waals surface area contributed by atoms with Crippen molar-refractivity contribution in [3.63, 3.8) is 0 Å². The number of hydrogen-bond acceptors (Lipinski definition) is 3. The van der Waals surface area contributed by atoms with E-state index in [2.05, 4.69) is 21.4 Å². The number of benzene rings is 2. The third-order valence-corrected chi connectivity index (χ3v) is 4.25. The number of nitrogens with one attached hydrogen (secondary N) is 1. The van der Waals surface area contributed by atoms with Gasteiger partial charge in [-0.2, -0.15) is 0 Å². The van der Waals surface area contributed by atoms with Crippen LogP contribution in [-0.2, 0) is 6.42 Å². The van der Waals surface area contributed by atoms with Crippen molar-refractivity contribution >= 4 is 15.9 Å². The summed E-state index contributed by atoms with van der Waals surface area (Å²) >= 11 is 3.50. The molecule has 0 aliphatic heterocycles. The molecule has 2 aromatic rings. The third-order valence-electron chi connectivity index (χ3n) is 3.48. The van der Waals surface area contributed by atoms with Gasteiger partial charge in [-0.25, -0.2) is 4.39 Å². The van der Waals surface area contributed by atoms with Gasteiger partial charge in [0.25, 0.3) is 0 Å². The summed E-state index contributed by atoms with van der Waals surface area (Å²) in [6.07, 6.45) is 0.550. The molecule has 0 bridgehead atoms. The van der Waals surface area contributed by atoms with Crippen molar-refractivity contribution in [1.82, 2.24) is 5.43 Å². The minimum absolute atomic E-state index is 0.223. The van der Waals surface area contributed by atoms with Crippen LogP contribution in [0.3, 0.4) is 0 Å². The second-order valence-corrected chi connectivity index (χ2v) is 5.71. The highest BCUT2D eigenvalue weighted by Crippen LogP contribution is 2.28. The average Bonchev–Trinajstić information content (AvgIpc) is 2.49. The van der Waals surface area contributed by atoms with E-state index in [9.17, 15) is 4.39 Å². The van der Waals surface area contributed by atoms with Crippen LogP contribution in [-0.4, -0.2) is 7.11 Å². The molecule has 2 aromatic carbocycles. The molecule has 21 heavy (non-hydrogen) atoms. The number of hydrazine groups is 1. The zero-order valence-corrected chi connectivity index (χ0v) is 13.6. The molecule has 0 saturated heterocycles.